The third kappa shape index (κ3) is 4.68. The van der Waals surface area contributed by atoms with Crippen molar-refractivity contribution in [2.75, 3.05) is 19.8 Å². The number of rotatable bonds is 5. The van der Waals surface area contributed by atoms with Crippen LogP contribution in [0.1, 0.15) is 26.3 Å². The van der Waals surface area contributed by atoms with Crippen LogP contribution in [0.15, 0.2) is 42.5 Å². The van der Waals surface area contributed by atoms with E-state index in [2.05, 4.69) is 54.9 Å². The summed E-state index contributed by atoms with van der Waals surface area (Å²) >= 11 is 0. The van der Waals surface area contributed by atoms with E-state index in [4.69, 9.17) is 9.05 Å². The highest BCUT2D eigenvalue weighted by Crippen LogP contribution is 2.49. The van der Waals surface area contributed by atoms with Gasteiger partial charge >= 0.3 is 8.53 Å². The molecule has 3 nitrogen and oxygen atoms in total. The van der Waals surface area contributed by atoms with Gasteiger partial charge in [0, 0.05) is 5.41 Å². The minimum Gasteiger partial charge on any atom is -0.189 e. The Balaban J connectivity index is 2.00. The third-order valence-corrected chi connectivity index (χ3v) is 4.85. The summed E-state index contributed by atoms with van der Waals surface area (Å²) in [5.41, 5.74) is 1.43. The van der Waals surface area contributed by atoms with Crippen molar-refractivity contribution in [1.82, 2.24) is 4.67 Å². The van der Waals surface area contributed by atoms with Crippen molar-refractivity contribution >= 4 is 8.53 Å². The van der Waals surface area contributed by atoms with Crippen molar-refractivity contribution in [1.29, 1.82) is 0 Å². The summed E-state index contributed by atoms with van der Waals surface area (Å²) in [5, 5.41) is 0. The molecule has 0 amide bonds. The molecule has 0 spiro atoms. The van der Waals surface area contributed by atoms with Crippen LogP contribution in [0.5, 0.6) is 0 Å². The van der Waals surface area contributed by atoms with E-state index in [-0.39, 0.29) is 5.41 Å². The fourth-order valence-corrected chi connectivity index (χ4v) is 4.06. The van der Waals surface area contributed by atoms with Gasteiger partial charge in [0.15, 0.2) is 0 Å². The van der Waals surface area contributed by atoms with Crippen LogP contribution < -0.4 is 0 Å². The number of benzene rings is 1. The molecule has 1 heterocycles. The van der Waals surface area contributed by atoms with Crippen molar-refractivity contribution < 1.29 is 9.05 Å². The summed E-state index contributed by atoms with van der Waals surface area (Å²) in [7, 11) is -1.34. The first-order chi connectivity index (χ1) is 9.61. The summed E-state index contributed by atoms with van der Waals surface area (Å²) in [4.78, 5) is 0. The third-order valence-electron chi connectivity index (χ3n) is 3.21. The molecule has 110 valence electrons. The Labute approximate surface area is 123 Å². The first kappa shape index (κ1) is 15.7. The molecule has 0 N–H and O–H groups in total. The van der Waals surface area contributed by atoms with Gasteiger partial charge in [-0.15, -0.1) is 4.67 Å². The molecule has 0 aromatic heterocycles. The zero-order valence-corrected chi connectivity index (χ0v) is 13.6. The Morgan fingerprint density at radius 3 is 2.45 bits per heavy atom. The van der Waals surface area contributed by atoms with Gasteiger partial charge in [0.2, 0.25) is 0 Å². The summed E-state index contributed by atoms with van der Waals surface area (Å²) in [6.45, 7) is 9.72. The first-order valence-electron chi connectivity index (χ1n) is 7.13. The summed E-state index contributed by atoms with van der Waals surface area (Å²) in [5.74, 6) is 0. The fraction of sp³-hybridized carbons (Fsp3) is 0.500. The van der Waals surface area contributed by atoms with Crippen LogP contribution in [0.3, 0.4) is 0 Å². The van der Waals surface area contributed by atoms with E-state index in [9.17, 15) is 0 Å². The molecule has 1 aliphatic rings. The van der Waals surface area contributed by atoms with Gasteiger partial charge in [0.1, 0.15) is 13.2 Å². The van der Waals surface area contributed by atoms with Crippen molar-refractivity contribution in [3.63, 3.8) is 0 Å². The topological polar surface area (TPSA) is 21.7 Å². The van der Waals surface area contributed by atoms with E-state index < -0.39 is 8.53 Å². The lowest BCUT2D eigenvalue weighted by Crippen LogP contribution is -2.32. The fourth-order valence-electron chi connectivity index (χ4n) is 2.02. The number of hydrogen-bond acceptors (Lipinski definition) is 3. The normalized spacial score (nSPS) is 19.8. The molecule has 2 rings (SSSR count). The predicted octanol–water partition coefficient (Wildman–Crippen LogP) is 4.10. The second kappa shape index (κ2) is 7.33. The van der Waals surface area contributed by atoms with Crippen LogP contribution in [0.2, 0.25) is 0 Å². The maximum absolute atomic E-state index is 6.00. The molecular weight excluding hydrogens is 269 g/mol. The molecule has 0 bridgehead atoms. The van der Waals surface area contributed by atoms with E-state index >= 15 is 0 Å². The standard InChI is InChI=1S/C16H24NO2P/c1-4-5-11-17(12-15-9-7-6-8-10-15)20-18-13-16(2,3)14-19-20/h4-10H,11-14H2,1-3H3/p+1/b5-4+. The summed E-state index contributed by atoms with van der Waals surface area (Å²) in [6.07, 6.45) is 4.24. The zero-order valence-electron chi connectivity index (χ0n) is 12.6. The molecule has 0 unspecified atom stereocenters. The quantitative estimate of drug-likeness (QED) is 0.603. The summed E-state index contributed by atoms with van der Waals surface area (Å²) < 4.78 is 14.3. The number of hydrogen-bond donors (Lipinski definition) is 0. The predicted molar refractivity (Wildman–Crippen MR) is 85.7 cm³/mol. The molecule has 20 heavy (non-hydrogen) atoms. The number of nitrogens with zero attached hydrogens (tertiary/aromatic N) is 1. The van der Waals surface area contributed by atoms with Gasteiger partial charge in [-0.2, -0.15) is 9.05 Å². The lowest BCUT2D eigenvalue weighted by Gasteiger charge is -2.31. The summed E-state index contributed by atoms with van der Waals surface area (Å²) in [6, 6.07) is 10.5. The lowest BCUT2D eigenvalue weighted by atomic mass is 9.97. The maximum Gasteiger partial charge on any atom is 0.336 e. The van der Waals surface area contributed by atoms with Crippen molar-refractivity contribution in [2.45, 2.75) is 27.3 Å². The molecule has 1 saturated heterocycles. The Hall–Kier alpha value is -0.730. The first-order valence-corrected chi connectivity index (χ1v) is 8.40. The zero-order chi connectivity index (χ0) is 14.4. The van der Waals surface area contributed by atoms with Gasteiger partial charge in [-0.05, 0) is 12.5 Å². The van der Waals surface area contributed by atoms with Gasteiger partial charge in [-0.1, -0.05) is 56.3 Å². The van der Waals surface area contributed by atoms with Gasteiger partial charge in [-0.3, -0.25) is 0 Å². The van der Waals surface area contributed by atoms with Crippen molar-refractivity contribution in [3.8, 4) is 0 Å². The number of allylic oxidation sites excluding steroid dienone is 1. The highest BCUT2D eigenvalue weighted by Gasteiger charge is 2.38. The maximum atomic E-state index is 6.00. The second-order valence-electron chi connectivity index (χ2n) is 5.94. The molecule has 1 aromatic carbocycles. The lowest BCUT2D eigenvalue weighted by molar-refractivity contribution is 0.0450. The van der Waals surface area contributed by atoms with Gasteiger partial charge in [0.05, 0.1) is 13.1 Å². The SMILES string of the molecule is C/C=C/CN(Cc1ccccc1)[PH+]1OCC(C)(C)CO1. The molecule has 0 saturated carbocycles. The van der Waals surface area contributed by atoms with Crippen LogP contribution in [0, 0.1) is 5.41 Å². The van der Waals surface area contributed by atoms with Crippen LogP contribution in [0.4, 0.5) is 0 Å². The monoisotopic (exact) mass is 294 g/mol. The van der Waals surface area contributed by atoms with Crippen LogP contribution in [0.25, 0.3) is 0 Å². The Morgan fingerprint density at radius 1 is 1.20 bits per heavy atom. The van der Waals surface area contributed by atoms with E-state index in [0.29, 0.717) is 0 Å². The van der Waals surface area contributed by atoms with Crippen LogP contribution in [-0.4, -0.2) is 24.4 Å². The Bertz CT molecular complexity index is 423. The van der Waals surface area contributed by atoms with E-state index in [1.807, 2.05) is 13.0 Å². The molecule has 0 radical (unpaired) electrons. The van der Waals surface area contributed by atoms with Crippen LogP contribution in [-0.2, 0) is 15.6 Å². The molecule has 0 aliphatic carbocycles. The smallest absolute Gasteiger partial charge is 0.189 e. The molecule has 1 aromatic rings. The minimum atomic E-state index is -1.34. The Morgan fingerprint density at radius 2 is 1.85 bits per heavy atom. The van der Waals surface area contributed by atoms with Gasteiger partial charge in [0.25, 0.3) is 0 Å². The average molecular weight is 294 g/mol. The highest BCUT2D eigenvalue weighted by atomic mass is 31.2. The molecular formula is C16H25NO2P+. The molecule has 1 fully saturated rings. The Kier molecular flexibility index (Phi) is 5.74. The van der Waals surface area contributed by atoms with E-state index in [1.54, 1.807) is 0 Å². The highest BCUT2D eigenvalue weighted by molar-refractivity contribution is 7.44. The largest absolute Gasteiger partial charge is 0.336 e. The van der Waals surface area contributed by atoms with E-state index in [0.717, 1.165) is 26.3 Å². The minimum absolute atomic E-state index is 0.132. The molecule has 0 atom stereocenters. The van der Waals surface area contributed by atoms with Crippen LogP contribution >= 0.6 is 8.53 Å². The molecule has 4 heteroatoms. The van der Waals surface area contributed by atoms with Gasteiger partial charge in [-0.25, -0.2) is 0 Å². The second-order valence-corrected chi connectivity index (χ2v) is 7.68. The van der Waals surface area contributed by atoms with E-state index in [1.165, 1.54) is 5.56 Å². The van der Waals surface area contributed by atoms with Crippen molar-refractivity contribution in [3.05, 3.63) is 48.0 Å². The van der Waals surface area contributed by atoms with Gasteiger partial charge < -0.3 is 0 Å². The molecule has 1 aliphatic heterocycles. The van der Waals surface area contributed by atoms with Crippen molar-refractivity contribution in [2.24, 2.45) is 5.41 Å². The average Bonchev–Trinajstić information content (AvgIpc) is 2.45.